The van der Waals surface area contributed by atoms with Crippen LogP contribution in [0.2, 0.25) is 0 Å². The number of ether oxygens (including phenoxy) is 1. The largest absolute Gasteiger partial charge is 0.464 e. The van der Waals surface area contributed by atoms with Gasteiger partial charge in [-0.25, -0.2) is 4.79 Å². The Kier molecular flexibility index (Phi) is 12.4. The van der Waals surface area contributed by atoms with E-state index in [0.717, 1.165) is 16.8 Å². The Bertz CT molecular complexity index is 935. The Morgan fingerprint density at radius 2 is 1.43 bits per heavy atom. The van der Waals surface area contributed by atoms with E-state index in [1.165, 1.54) is 6.92 Å². The van der Waals surface area contributed by atoms with Crippen LogP contribution in [0.4, 0.5) is 5.69 Å². The monoisotopic (exact) mass is 521 g/mol. The highest BCUT2D eigenvalue weighted by Crippen LogP contribution is 2.17. The van der Waals surface area contributed by atoms with Gasteiger partial charge in [-0.2, -0.15) is 0 Å². The molecule has 0 saturated carbocycles. The molecule has 190 valence electrons. The summed E-state index contributed by atoms with van der Waals surface area (Å²) < 4.78 is 5.20. The predicted molar refractivity (Wildman–Crippen MR) is 140 cm³/mol. The molecule has 9 heteroatoms. The summed E-state index contributed by atoms with van der Waals surface area (Å²) in [7, 11) is 0. The van der Waals surface area contributed by atoms with Crippen LogP contribution in [0.5, 0.6) is 0 Å². The molecule has 0 saturated heterocycles. The Morgan fingerprint density at radius 1 is 0.857 bits per heavy atom. The van der Waals surface area contributed by atoms with Crippen molar-refractivity contribution >= 4 is 46.7 Å². The highest BCUT2D eigenvalue weighted by Gasteiger charge is 2.27. The van der Waals surface area contributed by atoms with Crippen LogP contribution in [0.15, 0.2) is 54.6 Å². The molecule has 2 aromatic rings. The third-order valence-corrected chi connectivity index (χ3v) is 5.65. The van der Waals surface area contributed by atoms with E-state index < -0.39 is 24.0 Å². The molecule has 0 heterocycles. The van der Waals surface area contributed by atoms with Gasteiger partial charge in [0.05, 0.1) is 6.61 Å². The molecule has 2 N–H and O–H groups in total. The average Bonchev–Trinajstić information content (AvgIpc) is 2.84. The summed E-state index contributed by atoms with van der Waals surface area (Å²) in [5.41, 5.74) is 2.71. The fraction of sp³-hybridized carbons (Fsp3) is 0.423. The van der Waals surface area contributed by atoms with E-state index in [9.17, 15) is 14.4 Å². The van der Waals surface area contributed by atoms with Gasteiger partial charge in [0, 0.05) is 50.3 Å². The number of carbonyl (C=O) groups excluding carboxylic acids is 3. The van der Waals surface area contributed by atoms with Gasteiger partial charge in [0.2, 0.25) is 11.8 Å². The van der Waals surface area contributed by atoms with Crippen molar-refractivity contribution in [2.24, 2.45) is 0 Å². The van der Waals surface area contributed by atoms with Gasteiger partial charge in [0.1, 0.15) is 12.1 Å². The topological polar surface area (TPSA) is 87.7 Å². The van der Waals surface area contributed by atoms with E-state index in [2.05, 4.69) is 15.5 Å². The number of anilines is 1. The zero-order chi connectivity index (χ0) is 25.6. The number of nitrogens with zero attached hydrogens (tertiary/aromatic N) is 1. The second-order valence-corrected chi connectivity index (χ2v) is 8.75. The number of hydrogen-bond acceptors (Lipinski definition) is 5. The lowest BCUT2D eigenvalue weighted by Gasteiger charge is -2.24. The van der Waals surface area contributed by atoms with Crippen LogP contribution in [0, 0.1) is 0 Å². The number of alkyl halides is 2. The van der Waals surface area contributed by atoms with Crippen molar-refractivity contribution in [3.63, 3.8) is 0 Å². The molecule has 0 aliphatic carbocycles. The number of halogens is 2. The summed E-state index contributed by atoms with van der Waals surface area (Å²) in [5.74, 6) is -0.351. The molecule has 2 atom stereocenters. The molecule has 2 amide bonds. The van der Waals surface area contributed by atoms with Crippen LogP contribution < -0.4 is 15.5 Å². The molecular formula is C26H33Cl2N3O4. The first-order valence-corrected chi connectivity index (χ1v) is 12.7. The zero-order valence-corrected chi connectivity index (χ0v) is 21.6. The van der Waals surface area contributed by atoms with Gasteiger partial charge in [-0.05, 0) is 30.2 Å². The molecule has 2 aromatic carbocycles. The summed E-state index contributed by atoms with van der Waals surface area (Å²) in [6, 6.07) is 15.3. The van der Waals surface area contributed by atoms with Gasteiger partial charge in [0.15, 0.2) is 0 Å². The molecule has 0 bridgehead atoms. The van der Waals surface area contributed by atoms with Gasteiger partial charge in [-0.15, -0.1) is 23.2 Å². The van der Waals surface area contributed by atoms with Gasteiger partial charge in [-0.1, -0.05) is 42.5 Å². The standard InChI is InChI=1S/C26H33Cl2N3O4/c1-3-35-26(34)24(18-21-9-11-22(12-10-21)31(15-13-27)16-14-28)30-25(33)23(29-19(2)32)17-20-7-5-4-6-8-20/h4-12,23-24H,3,13-18H2,1-2H3,(H,29,32)(H,30,33)/t23-,24+/m0/s1. The Morgan fingerprint density at radius 3 is 1.97 bits per heavy atom. The third-order valence-electron chi connectivity index (χ3n) is 5.31. The SMILES string of the molecule is CCOC(=O)[C@@H](Cc1ccc(N(CCCl)CCCl)cc1)NC(=O)[C@H](Cc1ccccc1)NC(C)=O. The van der Waals surface area contributed by atoms with Gasteiger partial charge in [-0.3, -0.25) is 9.59 Å². The Labute approximate surface area is 217 Å². The van der Waals surface area contributed by atoms with Crippen molar-refractivity contribution in [1.29, 1.82) is 0 Å². The number of benzene rings is 2. The number of esters is 1. The maximum absolute atomic E-state index is 13.1. The lowest BCUT2D eigenvalue weighted by atomic mass is 10.0. The minimum Gasteiger partial charge on any atom is -0.464 e. The molecule has 0 unspecified atom stereocenters. The van der Waals surface area contributed by atoms with Crippen molar-refractivity contribution in [3.05, 3.63) is 65.7 Å². The fourth-order valence-corrected chi connectivity index (χ4v) is 4.07. The van der Waals surface area contributed by atoms with E-state index in [1.807, 2.05) is 54.6 Å². The van der Waals surface area contributed by atoms with Gasteiger partial charge < -0.3 is 20.3 Å². The Balaban J connectivity index is 2.17. The average molecular weight is 522 g/mol. The highest BCUT2D eigenvalue weighted by molar-refractivity contribution is 6.18. The highest BCUT2D eigenvalue weighted by atomic mass is 35.5. The molecule has 0 spiro atoms. The molecule has 35 heavy (non-hydrogen) atoms. The third kappa shape index (κ3) is 9.78. The van der Waals surface area contributed by atoms with Crippen molar-refractivity contribution < 1.29 is 19.1 Å². The normalized spacial score (nSPS) is 12.3. The molecule has 0 radical (unpaired) electrons. The quantitative estimate of drug-likeness (QED) is 0.294. The Hall–Kier alpha value is -2.77. The minimum atomic E-state index is -0.901. The second-order valence-electron chi connectivity index (χ2n) is 7.99. The minimum absolute atomic E-state index is 0.190. The summed E-state index contributed by atoms with van der Waals surface area (Å²) in [6.07, 6.45) is 0.543. The number of carbonyl (C=O) groups is 3. The number of rotatable bonds is 14. The summed E-state index contributed by atoms with van der Waals surface area (Å²) in [5, 5.41) is 5.46. The molecule has 7 nitrogen and oxygen atoms in total. The van der Waals surface area contributed by atoms with Crippen molar-refractivity contribution in [3.8, 4) is 0 Å². The number of nitrogens with one attached hydrogen (secondary N) is 2. The van der Waals surface area contributed by atoms with Crippen LogP contribution in [-0.4, -0.2) is 61.3 Å². The molecule has 2 rings (SSSR count). The summed E-state index contributed by atoms with van der Waals surface area (Å²) in [6.45, 7) is 4.59. The van der Waals surface area contributed by atoms with E-state index in [0.29, 0.717) is 31.3 Å². The van der Waals surface area contributed by atoms with E-state index in [1.54, 1.807) is 6.92 Å². The van der Waals surface area contributed by atoms with Crippen LogP contribution in [0.1, 0.15) is 25.0 Å². The van der Waals surface area contributed by atoms with Gasteiger partial charge in [0.25, 0.3) is 0 Å². The molecule has 0 fully saturated rings. The van der Waals surface area contributed by atoms with Crippen molar-refractivity contribution in [2.45, 2.75) is 38.8 Å². The summed E-state index contributed by atoms with van der Waals surface area (Å²) in [4.78, 5) is 39.6. The first kappa shape index (κ1) is 28.5. The number of amides is 2. The lowest BCUT2D eigenvalue weighted by Crippen LogP contribution is -2.53. The molecule has 0 aliphatic heterocycles. The van der Waals surface area contributed by atoms with Gasteiger partial charge >= 0.3 is 5.97 Å². The molecular weight excluding hydrogens is 489 g/mol. The van der Waals surface area contributed by atoms with Crippen LogP contribution in [-0.2, 0) is 32.0 Å². The lowest BCUT2D eigenvalue weighted by molar-refractivity contribution is -0.147. The maximum atomic E-state index is 13.1. The summed E-state index contributed by atoms with van der Waals surface area (Å²) >= 11 is 11.8. The van der Waals surface area contributed by atoms with E-state index in [4.69, 9.17) is 27.9 Å². The maximum Gasteiger partial charge on any atom is 0.328 e. The van der Waals surface area contributed by atoms with E-state index >= 15 is 0 Å². The van der Waals surface area contributed by atoms with Crippen molar-refractivity contribution in [2.75, 3.05) is 36.4 Å². The van der Waals surface area contributed by atoms with Crippen molar-refractivity contribution in [1.82, 2.24) is 10.6 Å². The number of hydrogen-bond donors (Lipinski definition) is 2. The smallest absolute Gasteiger partial charge is 0.328 e. The first-order valence-electron chi connectivity index (χ1n) is 11.6. The predicted octanol–water partition coefficient (Wildman–Crippen LogP) is 3.31. The zero-order valence-electron chi connectivity index (χ0n) is 20.1. The second kappa shape index (κ2) is 15.3. The van der Waals surface area contributed by atoms with Crippen LogP contribution in [0.25, 0.3) is 0 Å². The van der Waals surface area contributed by atoms with E-state index in [-0.39, 0.29) is 18.9 Å². The fourth-order valence-electron chi connectivity index (χ4n) is 3.67. The molecule has 0 aliphatic rings. The van der Waals surface area contributed by atoms with Crippen LogP contribution >= 0.6 is 23.2 Å². The first-order chi connectivity index (χ1) is 16.9. The van der Waals surface area contributed by atoms with Crippen LogP contribution in [0.3, 0.4) is 0 Å². The molecule has 0 aromatic heterocycles.